The summed E-state index contributed by atoms with van der Waals surface area (Å²) >= 11 is 0. The van der Waals surface area contributed by atoms with Crippen LogP contribution < -0.4 is 15.8 Å². The number of halogens is 1. The fraction of sp³-hybridized carbons (Fsp3) is 0.650. The predicted molar refractivity (Wildman–Crippen MR) is 108 cm³/mol. The van der Waals surface area contributed by atoms with Crippen molar-refractivity contribution in [2.75, 3.05) is 18.5 Å². The van der Waals surface area contributed by atoms with Crippen LogP contribution in [0.3, 0.4) is 0 Å². The third kappa shape index (κ3) is 4.70. The summed E-state index contributed by atoms with van der Waals surface area (Å²) < 4.78 is 11.4. The first kappa shape index (κ1) is 22.7. The van der Waals surface area contributed by atoms with E-state index < -0.39 is 11.0 Å². The second-order valence-corrected chi connectivity index (χ2v) is 7.85. The van der Waals surface area contributed by atoms with Gasteiger partial charge in [0, 0.05) is 24.1 Å². The van der Waals surface area contributed by atoms with E-state index >= 15 is 0 Å². The number of carbonyl (C=O) groups excluding carboxylic acids is 1. The Bertz CT molecular complexity index is 589. The summed E-state index contributed by atoms with van der Waals surface area (Å²) in [5.41, 5.74) is 5.81. The van der Waals surface area contributed by atoms with Crippen LogP contribution in [0.25, 0.3) is 0 Å². The molecule has 1 aromatic carbocycles. The van der Waals surface area contributed by atoms with Crippen molar-refractivity contribution in [3.63, 3.8) is 0 Å². The van der Waals surface area contributed by atoms with Crippen molar-refractivity contribution < 1.29 is 14.3 Å². The van der Waals surface area contributed by atoms with Gasteiger partial charge in [0.1, 0.15) is 11.3 Å². The van der Waals surface area contributed by atoms with Crippen LogP contribution in [0.5, 0.6) is 5.75 Å². The summed E-state index contributed by atoms with van der Waals surface area (Å²) in [6.45, 7) is 11.6. The Morgan fingerprint density at radius 3 is 2.42 bits per heavy atom. The number of ether oxygens (including phenoxy) is 2. The van der Waals surface area contributed by atoms with Crippen molar-refractivity contribution in [3.05, 3.63) is 24.3 Å². The van der Waals surface area contributed by atoms with Crippen molar-refractivity contribution in [3.8, 4) is 5.75 Å². The summed E-state index contributed by atoms with van der Waals surface area (Å²) in [5, 5.41) is 2.93. The Balaban J connectivity index is 0.00000338. The van der Waals surface area contributed by atoms with Gasteiger partial charge >= 0.3 is 0 Å². The van der Waals surface area contributed by atoms with Gasteiger partial charge in [-0.25, -0.2) is 0 Å². The van der Waals surface area contributed by atoms with Crippen LogP contribution in [0.1, 0.15) is 47.5 Å². The molecular weight excluding hydrogens is 352 g/mol. The molecule has 0 aliphatic heterocycles. The summed E-state index contributed by atoms with van der Waals surface area (Å²) in [6, 6.07) is 7.43. The highest BCUT2D eigenvalue weighted by atomic mass is 35.5. The van der Waals surface area contributed by atoms with Crippen molar-refractivity contribution in [2.45, 2.75) is 59.1 Å². The molecule has 1 saturated carbocycles. The van der Waals surface area contributed by atoms with Crippen LogP contribution in [0.4, 0.5) is 5.69 Å². The third-order valence-electron chi connectivity index (χ3n) is 5.31. The lowest BCUT2D eigenvalue weighted by Crippen LogP contribution is -2.74. The van der Waals surface area contributed by atoms with Gasteiger partial charge in [-0.15, -0.1) is 12.4 Å². The van der Waals surface area contributed by atoms with Crippen LogP contribution in [0.15, 0.2) is 24.3 Å². The molecule has 1 fully saturated rings. The number of nitrogens with two attached hydrogens (primary N) is 1. The van der Waals surface area contributed by atoms with Crippen LogP contribution in [0, 0.1) is 11.3 Å². The smallest absolute Gasteiger partial charge is 0.245 e. The normalized spacial score (nSPS) is 23.7. The van der Waals surface area contributed by atoms with Crippen molar-refractivity contribution in [1.82, 2.24) is 0 Å². The largest absolute Gasteiger partial charge is 0.494 e. The lowest BCUT2D eigenvalue weighted by Gasteiger charge is -2.57. The summed E-state index contributed by atoms with van der Waals surface area (Å²) in [6.07, 6.45) is 1.57. The van der Waals surface area contributed by atoms with Gasteiger partial charge in [-0.3, -0.25) is 4.79 Å². The molecule has 0 saturated heterocycles. The molecule has 0 radical (unpaired) electrons. The van der Waals surface area contributed by atoms with E-state index in [1.165, 1.54) is 0 Å². The molecule has 2 rings (SSSR count). The maximum atomic E-state index is 12.7. The molecule has 26 heavy (non-hydrogen) atoms. The van der Waals surface area contributed by atoms with Crippen molar-refractivity contribution in [2.24, 2.45) is 17.1 Å². The van der Waals surface area contributed by atoms with E-state index in [0.29, 0.717) is 25.6 Å². The van der Waals surface area contributed by atoms with Gasteiger partial charge in [-0.1, -0.05) is 27.7 Å². The molecule has 1 amide bonds. The second-order valence-electron chi connectivity index (χ2n) is 7.85. The highest BCUT2D eigenvalue weighted by molar-refractivity contribution is 5.99. The minimum absolute atomic E-state index is 0. The Kier molecular flexibility index (Phi) is 7.93. The van der Waals surface area contributed by atoms with Gasteiger partial charge in [-0.05, 0) is 43.5 Å². The Morgan fingerprint density at radius 2 is 1.92 bits per heavy atom. The van der Waals surface area contributed by atoms with Gasteiger partial charge in [0.15, 0.2) is 0 Å². The maximum absolute atomic E-state index is 12.7. The molecule has 1 aromatic rings. The number of nitrogens with one attached hydrogen (secondary N) is 1. The number of anilines is 1. The predicted octanol–water partition coefficient (Wildman–Crippen LogP) is 4.00. The molecule has 2 unspecified atom stereocenters. The molecule has 0 heterocycles. The van der Waals surface area contributed by atoms with Gasteiger partial charge in [-0.2, -0.15) is 0 Å². The molecule has 6 heteroatoms. The zero-order valence-electron chi connectivity index (χ0n) is 16.5. The molecule has 1 aliphatic carbocycles. The zero-order valence-corrected chi connectivity index (χ0v) is 17.3. The maximum Gasteiger partial charge on any atom is 0.245 e. The highest BCUT2D eigenvalue weighted by Crippen LogP contribution is 2.50. The molecule has 0 bridgehead atoms. The van der Waals surface area contributed by atoms with Gasteiger partial charge < -0.3 is 20.5 Å². The molecule has 0 spiro atoms. The van der Waals surface area contributed by atoms with Gasteiger partial charge in [0.05, 0.1) is 12.7 Å². The number of carbonyl (C=O) groups is 1. The molecule has 1 aliphatic rings. The highest BCUT2D eigenvalue weighted by Gasteiger charge is 2.62. The van der Waals surface area contributed by atoms with Crippen LogP contribution in [0.2, 0.25) is 0 Å². The quantitative estimate of drug-likeness (QED) is 0.710. The Morgan fingerprint density at radius 1 is 1.31 bits per heavy atom. The lowest BCUT2D eigenvalue weighted by molar-refractivity contribution is -0.166. The third-order valence-corrected chi connectivity index (χ3v) is 5.31. The van der Waals surface area contributed by atoms with E-state index in [9.17, 15) is 4.79 Å². The van der Waals surface area contributed by atoms with Crippen LogP contribution in [-0.4, -0.2) is 30.8 Å². The first-order chi connectivity index (χ1) is 11.7. The van der Waals surface area contributed by atoms with E-state index in [4.69, 9.17) is 15.2 Å². The van der Waals surface area contributed by atoms with E-state index in [-0.39, 0.29) is 24.4 Å². The molecule has 5 nitrogen and oxygen atoms in total. The van der Waals surface area contributed by atoms with E-state index in [1.807, 2.05) is 45.0 Å². The summed E-state index contributed by atoms with van der Waals surface area (Å²) in [5.74, 6) is 1.26. The number of rotatable bonds is 8. The lowest BCUT2D eigenvalue weighted by atomic mass is 9.54. The van der Waals surface area contributed by atoms with Crippen LogP contribution >= 0.6 is 12.4 Å². The number of amides is 1. The SMILES string of the molecule is CCOC1CC(N)(C(=O)Nc2ccc(OCCC(C)C)cc2)C1(C)C.Cl. The number of hydrogen-bond acceptors (Lipinski definition) is 4. The number of benzene rings is 1. The second kappa shape index (κ2) is 9.07. The Hall–Kier alpha value is -1.30. The fourth-order valence-electron chi connectivity index (χ4n) is 3.11. The molecule has 148 valence electrons. The fourth-order valence-corrected chi connectivity index (χ4v) is 3.11. The average molecular weight is 385 g/mol. The standard InChI is InChI=1S/C20H32N2O3.ClH/c1-6-24-17-13-20(21,19(17,4)5)18(23)22-15-7-9-16(10-8-15)25-12-11-14(2)3;/h7-10,14,17H,6,11-13,21H2,1-5H3,(H,22,23);1H. The van der Waals surface area contributed by atoms with E-state index in [0.717, 1.165) is 17.9 Å². The zero-order chi connectivity index (χ0) is 18.7. The molecule has 0 aromatic heterocycles. The van der Waals surface area contributed by atoms with E-state index in [2.05, 4.69) is 19.2 Å². The monoisotopic (exact) mass is 384 g/mol. The van der Waals surface area contributed by atoms with Crippen LogP contribution in [-0.2, 0) is 9.53 Å². The van der Waals surface area contributed by atoms with Gasteiger partial charge in [0.25, 0.3) is 0 Å². The first-order valence-electron chi connectivity index (χ1n) is 9.15. The summed E-state index contributed by atoms with van der Waals surface area (Å²) in [7, 11) is 0. The van der Waals surface area contributed by atoms with Crippen molar-refractivity contribution in [1.29, 1.82) is 0 Å². The van der Waals surface area contributed by atoms with Gasteiger partial charge in [0.2, 0.25) is 5.91 Å². The van der Waals surface area contributed by atoms with E-state index in [1.54, 1.807) is 0 Å². The topological polar surface area (TPSA) is 73.6 Å². The molecule has 3 N–H and O–H groups in total. The summed E-state index contributed by atoms with van der Waals surface area (Å²) in [4.78, 5) is 12.7. The molecular formula is C20H33ClN2O3. The first-order valence-corrected chi connectivity index (χ1v) is 9.15. The molecule has 2 atom stereocenters. The minimum Gasteiger partial charge on any atom is -0.494 e. The minimum atomic E-state index is -0.917. The van der Waals surface area contributed by atoms with Crippen molar-refractivity contribution >= 4 is 24.0 Å². The Labute approximate surface area is 163 Å². The number of hydrogen-bond donors (Lipinski definition) is 2. The average Bonchev–Trinajstić information content (AvgIpc) is 2.55.